The van der Waals surface area contributed by atoms with Crippen LogP contribution < -0.4 is 10.9 Å². The first-order valence-electron chi connectivity index (χ1n) is 11.6. The third-order valence-electron chi connectivity index (χ3n) is 6.82. The lowest BCUT2D eigenvalue weighted by Gasteiger charge is -2.43. The zero-order valence-electron chi connectivity index (χ0n) is 18.5. The van der Waals surface area contributed by atoms with Crippen LogP contribution in [-0.2, 0) is 13.0 Å². The monoisotopic (exact) mass is 445 g/mol. The first-order chi connectivity index (χ1) is 16.1. The summed E-state index contributed by atoms with van der Waals surface area (Å²) in [4.78, 5) is 28.2. The molecule has 1 aromatic heterocycles. The maximum atomic E-state index is 13.2. The van der Waals surface area contributed by atoms with Gasteiger partial charge >= 0.3 is 0 Å². The van der Waals surface area contributed by atoms with Crippen LogP contribution in [0.25, 0.3) is 0 Å². The molecular formula is C27H28FN3O2. The Balaban J connectivity index is 1.26. The van der Waals surface area contributed by atoms with Crippen molar-refractivity contribution in [1.82, 2.24) is 9.47 Å². The van der Waals surface area contributed by atoms with Crippen molar-refractivity contribution in [2.75, 3.05) is 25.0 Å². The second kappa shape index (κ2) is 9.32. The van der Waals surface area contributed by atoms with Crippen LogP contribution in [0, 0.1) is 11.7 Å². The van der Waals surface area contributed by atoms with Gasteiger partial charge in [-0.2, -0.15) is 0 Å². The van der Waals surface area contributed by atoms with E-state index in [0.717, 1.165) is 44.6 Å². The fraction of sp³-hybridized carbons (Fsp3) is 0.333. The van der Waals surface area contributed by atoms with Gasteiger partial charge in [0.25, 0.3) is 11.5 Å². The highest BCUT2D eigenvalue weighted by atomic mass is 19.1. The van der Waals surface area contributed by atoms with Gasteiger partial charge in [-0.3, -0.25) is 9.59 Å². The summed E-state index contributed by atoms with van der Waals surface area (Å²) in [6.07, 6.45) is 3.32. The quantitative estimate of drug-likeness (QED) is 0.616. The first kappa shape index (κ1) is 21.6. The van der Waals surface area contributed by atoms with E-state index in [1.54, 1.807) is 6.07 Å². The smallest absolute Gasteiger partial charge is 0.274 e. The van der Waals surface area contributed by atoms with Gasteiger partial charge in [0.05, 0.1) is 0 Å². The summed E-state index contributed by atoms with van der Waals surface area (Å²) >= 11 is 0. The number of pyridine rings is 1. The number of fused-ring (bicyclic) bond motifs is 4. The van der Waals surface area contributed by atoms with Crippen LogP contribution in [0.4, 0.5) is 10.1 Å². The lowest BCUT2D eigenvalue weighted by Crippen LogP contribution is -2.47. The number of benzene rings is 2. The molecule has 6 heteroatoms. The molecule has 2 aromatic carbocycles. The van der Waals surface area contributed by atoms with E-state index in [0.29, 0.717) is 23.9 Å². The summed E-state index contributed by atoms with van der Waals surface area (Å²) in [6, 6.07) is 19.6. The molecule has 3 heterocycles. The Bertz CT molecular complexity index is 1190. The van der Waals surface area contributed by atoms with Gasteiger partial charge in [-0.05, 0) is 73.7 Å². The third kappa shape index (κ3) is 4.76. The predicted molar refractivity (Wildman–Crippen MR) is 127 cm³/mol. The van der Waals surface area contributed by atoms with Gasteiger partial charge in [0.2, 0.25) is 0 Å². The van der Waals surface area contributed by atoms with Crippen LogP contribution in [0.1, 0.15) is 40.4 Å². The Labute approximate surface area is 192 Å². The van der Waals surface area contributed by atoms with Gasteiger partial charge in [0, 0.05) is 36.8 Å². The molecule has 2 atom stereocenters. The Morgan fingerprint density at radius 1 is 0.970 bits per heavy atom. The van der Waals surface area contributed by atoms with E-state index in [9.17, 15) is 14.0 Å². The number of carbonyl (C=O) groups excluding carboxylic acids is 1. The Kier molecular flexibility index (Phi) is 6.09. The molecule has 0 spiro atoms. The molecule has 1 saturated heterocycles. The topological polar surface area (TPSA) is 54.3 Å². The Morgan fingerprint density at radius 2 is 1.76 bits per heavy atom. The number of halogens is 1. The van der Waals surface area contributed by atoms with Crippen LogP contribution >= 0.6 is 0 Å². The number of carbonyl (C=O) groups is 1. The van der Waals surface area contributed by atoms with E-state index < -0.39 is 11.7 Å². The third-order valence-corrected chi connectivity index (χ3v) is 6.82. The standard InChI is InChI=1S/C27H28FN3O2/c28-23-10-8-21(9-11-23)26(32)29-24-12-13-25-22-15-20(17-31(25)27(24)33)16-30(18-22)14-4-7-19-5-2-1-3-6-19/h1-3,5-6,8-13,20,22H,4,7,14-18H2,(H,29,32)/t20-,22+/m0/s1. The maximum absolute atomic E-state index is 13.2. The van der Waals surface area contributed by atoms with Crippen molar-refractivity contribution in [2.45, 2.75) is 31.7 Å². The minimum atomic E-state index is -0.409. The number of hydrogen-bond acceptors (Lipinski definition) is 3. The number of aryl methyl sites for hydroxylation is 1. The van der Waals surface area contributed by atoms with E-state index in [1.165, 1.54) is 29.8 Å². The normalized spacial score (nSPS) is 19.7. The molecule has 3 aromatic rings. The van der Waals surface area contributed by atoms with E-state index >= 15 is 0 Å². The molecule has 1 amide bonds. The molecule has 5 nitrogen and oxygen atoms in total. The van der Waals surface area contributed by atoms with E-state index in [4.69, 9.17) is 0 Å². The summed E-state index contributed by atoms with van der Waals surface area (Å²) in [5.74, 6) is -0.0354. The zero-order valence-corrected chi connectivity index (χ0v) is 18.5. The van der Waals surface area contributed by atoms with Gasteiger partial charge in [0.15, 0.2) is 0 Å². The number of rotatable bonds is 6. The number of likely N-dealkylation sites (tertiary alicyclic amines) is 1. The Hall–Kier alpha value is -3.25. The van der Waals surface area contributed by atoms with Crippen molar-refractivity contribution >= 4 is 11.6 Å². The summed E-state index contributed by atoms with van der Waals surface area (Å²) in [6.45, 7) is 3.72. The van der Waals surface area contributed by atoms with Gasteiger partial charge < -0.3 is 14.8 Å². The van der Waals surface area contributed by atoms with Crippen molar-refractivity contribution in [2.24, 2.45) is 5.92 Å². The molecule has 2 aliphatic heterocycles. The molecule has 2 bridgehead atoms. The highest BCUT2D eigenvalue weighted by Gasteiger charge is 2.34. The van der Waals surface area contributed by atoms with Gasteiger partial charge in [-0.25, -0.2) is 4.39 Å². The average Bonchev–Trinajstić information content (AvgIpc) is 2.82. The van der Waals surface area contributed by atoms with E-state index in [1.807, 2.05) is 16.7 Å². The molecule has 0 saturated carbocycles. The molecule has 5 rings (SSSR count). The van der Waals surface area contributed by atoms with Crippen molar-refractivity contribution in [1.29, 1.82) is 0 Å². The lowest BCUT2D eigenvalue weighted by atomic mass is 9.83. The van der Waals surface area contributed by atoms with Crippen LogP contribution in [0.3, 0.4) is 0 Å². The molecule has 1 fully saturated rings. The Morgan fingerprint density at radius 3 is 2.55 bits per heavy atom. The second-order valence-electron chi connectivity index (χ2n) is 9.20. The van der Waals surface area contributed by atoms with Crippen molar-refractivity contribution in [3.05, 3.63) is 99.7 Å². The van der Waals surface area contributed by atoms with Crippen LogP contribution in [0.5, 0.6) is 0 Å². The predicted octanol–water partition coefficient (Wildman–Crippen LogP) is 4.29. The van der Waals surface area contributed by atoms with Crippen molar-refractivity contribution in [3.63, 3.8) is 0 Å². The summed E-state index contributed by atoms with van der Waals surface area (Å²) in [7, 11) is 0. The van der Waals surface area contributed by atoms with E-state index in [-0.39, 0.29) is 11.2 Å². The van der Waals surface area contributed by atoms with Gasteiger partial charge in [-0.15, -0.1) is 0 Å². The van der Waals surface area contributed by atoms with Gasteiger partial charge in [0.1, 0.15) is 11.5 Å². The molecule has 2 aliphatic rings. The average molecular weight is 446 g/mol. The minimum absolute atomic E-state index is 0.157. The number of nitrogens with one attached hydrogen (secondary N) is 1. The van der Waals surface area contributed by atoms with Crippen molar-refractivity contribution < 1.29 is 9.18 Å². The molecule has 0 unspecified atom stereocenters. The maximum Gasteiger partial charge on any atom is 0.274 e. The van der Waals surface area contributed by atoms with Crippen molar-refractivity contribution in [3.8, 4) is 0 Å². The summed E-state index contributed by atoms with van der Waals surface area (Å²) in [5.41, 5.74) is 2.87. The van der Waals surface area contributed by atoms with Crippen LogP contribution in [-0.4, -0.2) is 35.0 Å². The fourth-order valence-electron chi connectivity index (χ4n) is 5.27. The number of aromatic nitrogens is 1. The molecule has 1 N–H and O–H groups in total. The number of hydrogen-bond donors (Lipinski definition) is 1. The molecule has 0 radical (unpaired) electrons. The number of nitrogens with zero attached hydrogens (tertiary/aromatic N) is 2. The lowest BCUT2D eigenvalue weighted by molar-refractivity contribution is 0.102. The summed E-state index contributed by atoms with van der Waals surface area (Å²) < 4.78 is 15.0. The molecule has 170 valence electrons. The zero-order chi connectivity index (χ0) is 22.8. The highest BCUT2D eigenvalue weighted by molar-refractivity contribution is 6.04. The number of amides is 1. The second-order valence-corrected chi connectivity index (χ2v) is 9.20. The number of piperidine rings is 1. The first-order valence-corrected chi connectivity index (χ1v) is 11.6. The van der Waals surface area contributed by atoms with E-state index in [2.05, 4.69) is 34.5 Å². The SMILES string of the molecule is O=C(Nc1ccc2n(c1=O)C[C@H]1C[C@@H]2CN(CCCc2ccccc2)C1)c1ccc(F)cc1. The summed E-state index contributed by atoms with van der Waals surface area (Å²) in [5, 5.41) is 2.71. The molecular weight excluding hydrogens is 417 g/mol. The largest absolute Gasteiger partial charge is 0.317 e. The van der Waals surface area contributed by atoms with Gasteiger partial charge in [-0.1, -0.05) is 30.3 Å². The number of anilines is 1. The van der Waals surface area contributed by atoms with Crippen LogP contribution in [0.15, 0.2) is 71.5 Å². The minimum Gasteiger partial charge on any atom is -0.317 e. The molecule has 33 heavy (non-hydrogen) atoms. The van der Waals surface area contributed by atoms with Crippen LogP contribution in [0.2, 0.25) is 0 Å². The fourth-order valence-corrected chi connectivity index (χ4v) is 5.27. The highest BCUT2D eigenvalue weighted by Crippen LogP contribution is 2.35. The molecule has 0 aliphatic carbocycles.